The topological polar surface area (TPSA) is 104 Å². The SMILES string of the molecule is C.C.C.C.C.C.CCOC(=O)/C(=C\c1cccc(C(F)(F)F)c1)C(=O)C1CCC(c2ccc(Cl)cc2)CC1.CCOC(=O)CC(=O)C1CCC(c2ccc(Cl)cc2)CC1.O=Cc1cccc(C(F)(F)F)c1. The van der Waals surface area contributed by atoms with E-state index in [1.807, 2.05) is 36.4 Å². The number of hydrogen-bond acceptors (Lipinski definition) is 7. The molecular formula is C56H74Cl2F6O7. The van der Waals surface area contributed by atoms with Crippen LogP contribution in [0.15, 0.2) is 103 Å². The van der Waals surface area contributed by atoms with Gasteiger partial charge >= 0.3 is 24.3 Å². The second-order valence-corrected chi connectivity index (χ2v) is 16.5. The van der Waals surface area contributed by atoms with E-state index >= 15 is 0 Å². The van der Waals surface area contributed by atoms with E-state index in [4.69, 9.17) is 32.7 Å². The van der Waals surface area contributed by atoms with E-state index in [1.54, 1.807) is 13.8 Å². The highest BCUT2D eigenvalue weighted by atomic mass is 35.5. The smallest absolute Gasteiger partial charge is 0.416 e. The Balaban J connectivity index is -0.00000103. The van der Waals surface area contributed by atoms with Crippen molar-refractivity contribution in [1.29, 1.82) is 0 Å². The van der Waals surface area contributed by atoms with E-state index in [0.717, 1.165) is 73.4 Å². The van der Waals surface area contributed by atoms with Gasteiger partial charge in [0.25, 0.3) is 0 Å². The van der Waals surface area contributed by atoms with Gasteiger partial charge in [-0.15, -0.1) is 0 Å². The number of Topliss-reactive ketones (excluding diaryl/α,β-unsaturated/α-hetero) is 2. The number of aldehydes is 1. The molecule has 15 heteroatoms. The van der Waals surface area contributed by atoms with Gasteiger partial charge in [0.05, 0.1) is 24.3 Å². The molecule has 0 heterocycles. The van der Waals surface area contributed by atoms with E-state index < -0.39 is 35.4 Å². The Morgan fingerprint density at radius 1 is 0.563 bits per heavy atom. The molecule has 0 N–H and O–H groups in total. The van der Waals surface area contributed by atoms with Crippen LogP contribution in [0.3, 0.4) is 0 Å². The molecule has 7 nitrogen and oxygen atoms in total. The summed E-state index contributed by atoms with van der Waals surface area (Å²) in [6.45, 7) is 3.76. The van der Waals surface area contributed by atoms with Gasteiger partial charge in [0.1, 0.15) is 24.1 Å². The van der Waals surface area contributed by atoms with Crippen molar-refractivity contribution in [2.24, 2.45) is 11.8 Å². The lowest BCUT2D eigenvalue weighted by molar-refractivity contribution is -0.147. The van der Waals surface area contributed by atoms with Crippen molar-refractivity contribution in [2.75, 3.05) is 13.2 Å². The molecule has 0 amide bonds. The van der Waals surface area contributed by atoms with Crippen molar-refractivity contribution < 1.29 is 59.8 Å². The first-order valence-electron chi connectivity index (χ1n) is 21.2. The van der Waals surface area contributed by atoms with Crippen LogP contribution in [-0.2, 0) is 41.0 Å². The number of carbonyl (C=O) groups is 5. The minimum absolute atomic E-state index is 0. The Morgan fingerprint density at radius 3 is 1.35 bits per heavy atom. The van der Waals surface area contributed by atoms with E-state index in [0.29, 0.717) is 42.6 Å². The average Bonchev–Trinajstić information content (AvgIpc) is 3.29. The summed E-state index contributed by atoms with van der Waals surface area (Å²) in [7, 11) is 0. The highest BCUT2D eigenvalue weighted by Gasteiger charge is 2.34. The zero-order chi connectivity index (χ0) is 47.7. The maximum absolute atomic E-state index is 13.2. The van der Waals surface area contributed by atoms with Gasteiger partial charge in [0, 0.05) is 27.4 Å². The molecule has 2 fully saturated rings. The lowest BCUT2D eigenvalue weighted by Gasteiger charge is -2.28. The number of rotatable bonds is 12. The standard InChI is InChI=1S/C25H24ClF3O3.C17H21ClO3.C8H5F3O.6CH4/c1-2-32-24(31)22(15-16-4-3-5-20(14-16)25(27,28)29)23(30)19-8-6-17(7-9-19)18-10-12-21(26)13-11-18;1-2-21-17(20)11-16(19)14-5-3-12(4-6-14)13-7-9-15(18)10-8-13;9-8(10,11)7-3-1-2-6(4-7)5-12;;;;;;/h3-5,10-15,17,19H,2,6-9H2,1H3;7-10,12,14H,2-6,11H2,1H3;1-5H;6*1H4/b22-15-;;;;;;;;. The molecule has 4 aromatic carbocycles. The third-order valence-electron chi connectivity index (χ3n) is 11.2. The Morgan fingerprint density at radius 2 is 0.958 bits per heavy atom. The van der Waals surface area contributed by atoms with Crippen LogP contribution >= 0.6 is 23.2 Å². The maximum atomic E-state index is 13.2. The van der Waals surface area contributed by atoms with Crippen LogP contribution in [0, 0.1) is 11.8 Å². The van der Waals surface area contributed by atoms with E-state index in [2.05, 4.69) is 12.1 Å². The summed E-state index contributed by atoms with van der Waals surface area (Å²) in [4.78, 5) is 59.2. The van der Waals surface area contributed by atoms with Crippen molar-refractivity contribution >= 4 is 59.1 Å². The second kappa shape index (κ2) is 33.4. The minimum Gasteiger partial charge on any atom is -0.466 e. The van der Waals surface area contributed by atoms with Crippen molar-refractivity contribution in [3.63, 3.8) is 0 Å². The molecule has 2 aliphatic rings. The summed E-state index contributed by atoms with van der Waals surface area (Å²) >= 11 is 11.9. The predicted octanol–water partition coefficient (Wildman–Crippen LogP) is 17.3. The fourth-order valence-corrected chi connectivity index (χ4v) is 8.08. The number of hydrogen-bond donors (Lipinski definition) is 0. The number of esters is 2. The molecule has 0 unspecified atom stereocenters. The first-order chi connectivity index (χ1) is 30.8. The number of alkyl halides is 6. The Hall–Kier alpha value is -5.27. The molecule has 0 aliphatic heterocycles. The zero-order valence-electron chi connectivity index (χ0n) is 35.9. The predicted molar refractivity (Wildman–Crippen MR) is 277 cm³/mol. The fraction of sp³-hybridized carbons (Fsp3) is 0.446. The molecule has 2 aliphatic carbocycles. The van der Waals surface area contributed by atoms with Crippen LogP contribution in [0.25, 0.3) is 6.08 Å². The third kappa shape index (κ3) is 22.4. The number of ketones is 2. The van der Waals surface area contributed by atoms with Gasteiger partial charge in [-0.3, -0.25) is 19.2 Å². The first-order valence-corrected chi connectivity index (χ1v) is 22.0. The number of carbonyl (C=O) groups excluding carboxylic acids is 5. The summed E-state index contributed by atoms with van der Waals surface area (Å²) in [5.41, 5.74) is 0.760. The molecule has 396 valence electrons. The number of halogens is 8. The molecule has 0 atom stereocenters. The van der Waals surface area contributed by atoms with Gasteiger partial charge in [-0.05, 0) is 148 Å². The fourth-order valence-electron chi connectivity index (χ4n) is 7.83. The first kappa shape index (κ1) is 70.0. The summed E-state index contributed by atoms with van der Waals surface area (Å²) in [6.07, 6.45) is -0.970. The monoisotopic (exact) mass is 1040 g/mol. The molecule has 0 bridgehead atoms. The molecule has 0 radical (unpaired) electrons. The summed E-state index contributed by atoms with van der Waals surface area (Å²) in [5, 5.41) is 1.41. The normalized spacial score (nSPS) is 17.1. The average molecular weight is 1040 g/mol. The van der Waals surface area contributed by atoms with Crippen LogP contribution in [0.4, 0.5) is 26.3 Å². The van der Waals surface area contributed by atoms with Crippen LogP contribution < -0.4 is 0 Å². The van der Waals surface area contributed by atoms with Gasteiger partial charge in [-0.1, -0.05) is 116 Å². The Labute approximate surface area is 428 Å². The Bertz CT molecular complexity index is 2240. The number of benzene rings is 4. The molecule has 2 saturated carbocycles. The molecule has 0 saturated heterocycles. The maximum Gasteiger partial charge on any atom is 0.416 e. The molecule has 6 rings (SSSR count). The van der Waals surface area contributed by atoms with Crippen LogP contribution in [0.5, 0.6) is 0 Å². The van der Waals surface area contributed by atoms with Crippen LogP contribution in [0.1, 0.15) is 166 Å². The zero-order valence-corrected chi connectivity index (χ0v) is 37.4. The van der Waals surface area contributed by atoms with Gasteiger partial charge in [-0.25, -0.2) is 4.79 Å². The molecule has 4 aromatic rings. The minimum atomic E-state index is -4.52. The third-order valence-corrected chi connectivity index (χ3v) is 11.7. The van der Waals surface area contributed by atoms with Crippen molar-refractivity contribution in [3.05, 3.63) is 146 Å². The van der Waals surface area contributed by atoms with Crippen LogP contribution in [0.2, 0.25) is 10.0 Å². The van der Waals surface area contributed by atoms with E-state index in [1.165, 1.54) is 35.9 Å². The van der Waals surface area contributed by atoms with Gasteiger partial charge in [0.15, 0.2) is 5.78 Å². The van der Waals surface area contributed by atoms with Gasteiger partial charge < -0.3 is 9.47 Å². The quantitative estimate of drug-likeness (QED) is 0.0348. The lowest BCUT2D eigenvalue weighted by atomic mass is 9.76. The molecule has 71 heavy (non-hydrogen) atoms. The molecular weight excluding hydrogens is 970 g/mol. The summed E-state index contributed by atoms with van der Waals surface area (Å²) in [5.74, 6) is -1.13. The van der Waals surface area contributed by atoms with Gasteiger partial charge in [-0.2, -0.15) is 26.3 Å². The summed E-state index contributed by atoms with van der Waals surface area (Å²) in [6, 6.07) is 24.4. The molecule has 0 aromatic heterocycles. The van der Waals surface area contributed by atoms with Gasteiger partial charge in [0.2, 0.25) is 0 Å². The molecule has 0 spiro atoms. The second-order valence-electron chi connectivity index (χ2n) is 15.7. The van der Waals surface area contributed by atoms with E-state index in [-0.39, 0.29) is 97.7 Å². The van der Waals surface area contributed by atoms with Crippen LogP contribution in [-0.4, -0.2) is 43.0 Å². The number of ether oxygens (including phenoxy) is 2. The highest BCUT2D eigenvalue weighted by Crippen LogP contribution is 2.39. The van der Waals surface area contributed by atoms with Crippen molar-refractivity contribution in [1.82, 2.24) is 0 Å². The summed E-state index contributed by atoms with van der Waals surface area (Å²) < 4.78 is 85.0. The largest absolute Gasteiger partial charge is 0.466 e. The van der Waals surface area contributed by atoms with Crippen molar-refractivity contribution in [3.8, 4) is 0 Å². The Kier molecular flexibility index (Phi) is 32.9. The highest BCUT2D eigenvalue weighted by molar-refractivity contribution is 6.30. The lowest BCUT2D eigenvalue weighted by Crippen LogP contribution is -2.26. The van der Waals surface area contributed by atoms with Crippen molar-refractivity contribution in [2.45, 2.75) is 140 Å². The van der Waals surface area contributed by atoms with E-state index in [9.17, 15) is 50.3 Å².